The summed E-state index contributed by atoms with van der Waals surface area (Å²) in [6, 6.07) is 1.77. The van der Waals surface area contributed by atoms with E-state index in [1.54, 1.807) is 6.07 Å². The second kappa shape index (κ2) is 5.43. The summed E-state index contributed by atoms with van der Waals surface area (Å²) in [7, 11) is -0.993. The minimum atomic E-state index is -1.07. The van der Waals surface area contributed by atoms with Gasteiger partial charge in [-0.25, -0.2) is 0 Å². The molecule has 0 spiro atoms. The minimum absolute atomic E-state index is 0.0947. The van der Waals surface area contributed by atoms with Gasteiger partial charge in [0.15, 0.2) is 10.6 Å². The molecule has 0 saturated heterocycles. The van der Waals surface area contributed by atoms with E-state index in [1.165, 1.54) is 0 Å². The van der Waals surface area contributed by atoms with Crippen LogP contribution >= 0.6 is 23.2 Å². The van der Waals surface area contributed by atoms with Crippen LogP contribution in [0.2, 0.25) is 0 Å². The van der Waals surface area contributed by atoms with Crippen LogP contribution in [0.25, 0.3) is 0 Å². The lowest BCUT2D eigenvalue weighted by molar-refractivity contribution is 0.101. The zero-order valence-electron chi connectivity index (χ0n) is 12.0. The van der Waals surface area contributed by atoms with E-state index in [9.17, 15) is 9.00 Å². The maximum absolute atomic E-state index is 12.3. The summed E-state index contributed by atoms with van der Waals surface area (Å²) in [5, 5.41) is 0. The first kappa shape index (κ1) is 16.0. The van der Waals surface area contributed by atoms with Gasteiger partial charge in [-0.15, -0.1) is 0 Å². The van der Waals surface area contributed by atoms with E-state index in [4.69, 9.17) is 23.2 Å². The third-order valence-electron chi connectivity index (χ3n) is 4.01. The van der Waals surface area contributed by atoms with Gasteiger partial charge in [0, 0.05) is 16.2 Å². The fraction of sp³-hybridized carbons (Fsp3) is 0.533. The average molecular weight is 333 g/mol. The normalized spacial score (nSPS) is 20.9. The van der Waals surface area contributed by atoms with E-state index < -0.39 is 15.6 Å². The maximum Gasteiger partial charge on any atom is 0.195 e. The first-order valence-corrected chi connectivity index (χ1v) is 8.71. The Morgan fingerprint density at radius 1 is 1.35 bits per heavy atom. The van der Waals surface area contributed by atoms with Crippen LogP contribution in [0.4, 0.5) is 0 Å². The lowest BCUT2D eigenvalue weighted by Gasteiger charge is -2.35. The number of alkyl halides is 2. The summed E-state index contributed by atoms with van der Waals surface area (Å²) in [6.07, 6.45) is 0.843. The Bertz CT molecular complexity index is 606. The topological polar surface area (TPSA) is 34.1 Å². The van der Waals surface area contributed by atoms with Crippen molar-refractivity contribution in [3.8, 4) is 0 Å². The second-order valence-electron chi connectivity index (χ2n) is 5.92. The molecule has 0 saturated carbocycles. The zero-order valence-corrected chi connectivity index (χ0v) is 14.4. The van der Waals surface area contributed by atoms with Crippen molar-refractivity contribution in [2.75, 3.05) is 5.75 Å². The number of rotatable bonds is 2. The lowest BCUT2D eigenvalue weighted by atomic mass is 9.77. The molecule has 1 aromatic rings. The Morgan fingerprint density at radius 3 is 2.50 bits per heavy atom. The van der Waals surface area contributed by atoms with Gasteiger partial charge in [0.05, 0.1) is 10.8 Å². The molecule has 5 heteroatoms. The molecular formula is C15H18Cl2O2S. The fourth-order valence-corrected chi connectivity index (χ4v) is 5.16. The first-order valence-electron chi connectivity index (χ1n) is 6.52. The van der Waals surface area contributed by atoms with Gasteiger partial charge in [0.25, 0.3) is 0 Å². The van der Waals surface area contributed by atoms with Crippen molar-refractivity contribution in [2.45, 2.75) is 49.3 Å². The molecule has 1 aromatic carbocycles. The Hall–Kier alpha value is -0.380. The number of carbonyl (C=O) groups is 1. The van der Waals surface area contributed by atoms with Crippen molar-refractivity contribution in [1.29, 1.82) is 0 Å². The van der Waals surface area contributed by atoms with E-state index >= 15 is 0 Å². The predicted octanol–water partition coefficient (Wildman–Crippen LogP) is 4.08. The molecule has 1 unspecified atom stereocenters. The van der Waals surface area contributed by atoms with Crippen molar-refractivity contribution in [3.63, 3.8) is 0 Å². The molecule has 1 aliphatic rings. The van der Waals surface area contributed by atoms with Crippen LogP contribution in [0, 0.1) is 13.8 Å². The van der Waals surface area contributed by atoms with Crippen LogP contribution in [0.3, 0.4) is 0 Å². The van der Waals surface area contributed by atoms with Crippen LogP contribution in [-0.2, 0) is 16.2 Å². The van der Waals surface area contributed by atoms with E-state index in [2.05, 4.69) is 13.8 Å². The Morgan fingerprint density at radius 2 is 1.95 bits per heavy atom. The maximum atomic E-state index is 12.3. The summed E-state index contributed by atoms with van der Waals surface area (Å²) in [6.45, 7) is 8.04. The van der Waals surface area contributed by atoms with Crippen LogP contribution in [-0.4, -0.2) is 20.6 Å². The van der Waals surface area contributed by atoms with Crippen LogP contribution < -0.4 is 0 Å². The summed E-state index contributed by atoms with van der Waals surface area (Å²) in [4.78, 5) is 12.0. The monoisotopic (exact) mass is 332 g/mol. The number of ketones is 1. The Labute approximate surface area is 132 Å². The number of hydrogen-bond acceptors (Lipinski definition) is 2. The highest BCUT2D eigenvalue weighted by Crippen LogP contribution is 2.41. The standard InChI is InChI=1S/C15H18Cl2O2S/c1-8-7-10(12(18)14(16)17)9(2)11-13(8)20(19)6-5-15(11,3)4/h7,14H,5-6H2,1-4H3. The fourth-order valence-electron chi connectivity index (χ4n) is 2.95. The van der Waals surface area contributed by atoms with Crippen molar-refractivity contribution < 1.29 is 9.00 Å². The average Bonchev–Trinajstić information content (AvgIpc) is 2.35. The molecule has 0 aliphatic carbocycles. The van der Waals surface area contributed by atoms with Crippen LogP contribution in [0.1, 0.15) is 47.3 Å². The molecule has 0 aromatic heterocycles. The van der Waals surface area contributed by atoms with Gasteiger partial charge in [0.1, 0.15) is 0 Å². The summed E-state index contributed by atoms with van der Waals surface area (Å²) in [5.74, 6) is 0.380. The van der Waals surface area contributed by atoms with Crippen molar-refractivity contribution in [3.05, 3.63) is 28.3 Å². The Balaban J connectivity index is 2.78. The van der Waals surface area contributed by atoms with Gasteiger partial charge >= 0.3 is 0 Å². The molecule has 1 atom stereocenters. The molecule has 2 rings (SSSR count). The van der Waals surface area contributed by atoms with Crippen molar-refractivity contribution in [2.24, 2.45) is 0 Å². The third kappa shape index (κ3) is 2.56. The molecule has 1 heterocycles. The number of halogens is 2. The molecule has 1 aliphatic heterocycles. The van der Waals surface area contributed by atoms with E-state index in [0.717, 1.165) is 28.0 Å². The second-order valence-corrected chi connectivity index (χ2v) is 8.52. The van der Waals surface area contributed by atoms with Gasteiger partial charge in [-0.05, 0) is 48.4 Å². The third-order valence-corrected chi connectivity index (χ3v) is 5.96. The van der Waals surface area contributed by atoms with E-state index in [0.29, 0.717) is 11.3 Å². The molecule has 0 bridgehead atoms. The molecule has 0 radical (unpaired) electrons. The highest BCUT2D eigenvalue weighted by atomic mass is 35.5. The number of hydrogen-bond donors (Lipinski definition) is 0. The molecule has 0 amide bonds. The summed E-state index contributed by atoms with van der Waals surface area (Å²) < 4.78 is 12.3. The molecule has 0 N–H and O–H groups in total. The highest BCUT2D eigenvalue weighted by molar-refractivity contribution is 7.85. The number of benzene rings is 1. The molecule has 2 nitrogen and oxygen atoms in total. The first-order chi connectivity index (χ1) is 9.16. The number of fused-ring (bicyclic) bond motifs is 1. The quantitative estimate of drug-likeness (QED) is 0.604. The van der Waals surface area contributed by atoms with Gasteiger partial charge < -0.3 is 0 Å². The Kier molecular flexibility index (Phi) is 4.35. The minimum Gasteiger partial charge on any atom is -0.291 e. The summed E-state index contributed by atoms with van der Waals surface area (Å²) in [5.41, 5.74) is 3.22. The van der Waals surface area contributed by atoms with Crippen molar-refractivity contribution >= 4 is 39.8 Å². The SMILES string of the molecule is Cc1cc(C(=O)C(Cl)Cl)c(C)c2c1S(=O)CCC2(C)C. The molecule has 0 fully saturated rings. The number of aryl methyl sites for hydroxylation is 1. The van der Waals surface area contributed by atoms with Crippen LogP contribution in [0.5, 0.6) is 0 Å². The molecular weight excluding hydrogens is 315 g/mol. The zero-order chi connectivity index (χ0) is 15.2. The number of carbonyl (C=O) groups excluding carboxylic acids is 1. The number of Topliss-reactive ketones (excluding diaryl/α,β-unsaturated/α-hetero) is 1. The largest absolute Gasteiger partial charge is 0.291 e. The van der Waals surface area contributed by atoms with Crippen LogP contribution in [0.15, 0.2) is 11.0 Å². The smallest absolute Gasteiger partial charge is 0.195 e. The molecule has 20 heavy (non-hydrogen) atoms. The summed E-state index contributed by atoms with van der Waals surface area (Å²) >= 11 is 11.5. The van der Waals surface area contributed by atoms with Gasteiger partial charge in [-0.1, -0.05) is 37.0 Å². The highest BCUT2D eigenvalue weighted by Gasteiger charge is 2.35. The van der Waals surface area contributed by atoms with E-state index in [1.807, 2.05) is 13.8 Å². The van der Waals surface area contributed by atoms with E-state index in [-0.39, 0.29) is 11.2 Å². The van der Waals surface area contributed by atoms with Crippen molar-refractivity contribution in [1.82, 2.24) is 0 Å². The van der Waals surface area contributed by atoms with Gasteiger partial charge in [-0.3, -0.25) is 9.00 Å². The lowest BCUT2D eigenvalue weighted by Crippen LogP contribution is -2.30. The molecule has 110 valence electrons. The predicted molar refractivity (Wildman–Crippen MR) is 84.7 cm³/mol. The van der Waals surface area contributed by atoms with Gasteiger partial charge in [0.2, 0.25) is 0 Å². The van der Waals surface area contributed by atoms with Gasteiger partial charge in [-0.2, -0.15) is 0 Å².